The summed E-state index contributed by atoms with van der Waals surface area (Å²) in [6.07, 6.45) is 3.76. The molecule has 1 fully saturated rings. The molecule has 0 atom stereocenters. The summed E-state index contributed by atoms with van der Waals surface area (Å²) in [6.45, 7) is 4.93. The van der Waals surface area contributed by atoms with Crippen molar-refractivity contribution in [2.24, 2.45) is 4.99 Å². The minimum absolute atomic E-state index is 0. The van der Waals surface area contributed by atoms with Crippen LogP contribution in [-0.4, -0.2) is 44.1 Å². The Kier molecular flexibility index (Phi) is 9.38. The van der Waals surface area contributed by atoms with Crippen molar-refractivity contribution in [2.75, 3.05) is 33.2 Å². The van der Waals surface area contributed by atoms with Crippen molar-refractivity contribution >= 4 is 29.9 Å². The molecule has 1 aromatic carbocycles. The summed E-state index contributed by atoms with van der Waals surface area (Å²) in [4.78, 5) is 6.66. The van der Waals surface area contributed by atoms with Crippen LogP contribution in [0.2, 0.25) is 0 Å². The van der Waals surface area contributed by atoms with Gasteiger partial charge in [-0.2, -0.15) is 0 Å². The summed E-state index contributed by atoms with van der Waals surface area (Å²) in [5, 5.41) is 6.41. The fourth-order valence-corrected chi connectivity index (χ4v) is 2.56. The van der Waals surface area contributed by atoms with E-state index >= 15 is 0 Å². The number of guanidine groups is 1. The maximum absolute atomic E-state index is 13.5. The van der Waals surface area contributed by atoms with Crippen molar-refractivity contribution in [3.63, 3.8) is 0 Å². The number of likely N-dealkylation sites (tertiary alicyclic amines) is 1. The topological polar surface area (TPSA) is 39.7 Å². The first-order valence-corrected chi connectivity index (χ1v) is 7.70. The first-order chi connectivity index (χ1) is 10.3. The Morgan fingerprint density at radius 3 is 2.64 bits per heavy atom. The van der Waals surface area contributed by atoms with Gasteiger partial charge in [-0.3, -0.25) is 4.99 Å². The molecule has 22 heavy (non-hydrogen) atoms. The van der Waals surface area contributed by atoms with Gasteiger partial charge in [0, 0.05) is 25.7 Å². The molecule has 0 amide bonds. The molecule has 0 aromatic heterocycles. The molecule has 4 nitrogen and oxygen atoms in total. The molecule has 0 bridgehead atoms. The van der Waals surface area contributed by atoms with Crippen LogP contribution in [0, 0.1) is 5.82 Å². The molecule has 2 rings (SSSR count). The summed E-state index contributed by atoms with van der Waals surface area (Å²) in [5.74, 6) is 0.536. The number of nitrogens with zero attached hydrogens (tertiary/aromatic N) is 2. The van der Waals surface area contributed by atoms with E-state index in [-0.39, 0.29) is 29.8 Å². The van der Waals surface area contributed by atoms with Gasteiger partial charge in [-0.1, -0.05) is 18.2 Å². The van der Waals surface area contributed by atoms with Gasteiger partial charge in [-0.25, -0.2) is 4.39 Å². The van der Waals surface area contributed by atoms with Gasteiger partial charge in [-0.15, -0.1) is 24.0 Å². The zero-order valence-electron chi connectivity index (χ0n) is 13.1. The summed E-state index contributed by atoms with van der Waals surface area (Å²) in [7, 11) is 1.73. The summed E-state index contributed by atoms with van der Waals surface area (Å²) >= 11 is 0. The standard InChI is InChI=1S/C16H25FN4.HI/c1-18-16(19-9-6-12-21-10-4-5-11-21)20-13-14-7-2-3-8-15(14)17;/h2-3,7-8H,4-6,9-13H2,1H3,(H2,18,19,20);1H. The number of halogens is 2. The molecule has 2 N–H and O–H groups in total. The van der Waals surface area contributed by atoms with E-state index in [9.17, 15) is 4.39 Å². The van der Waals surface area contributed by atoms with Gasteiger partial charge in [0.25, 0.3) is 0 Å². The molecule has 1 heterocycles. The Bertz CT molecular complexity index is 461. The number of aliphatic imine (C=N–C) groups is 1. The first-order valence-electron chi connectivity index (χ1n) is 7.70. The monoisotopic (exact) mass is 420 g/mol. The summed E-state index contributed by atoms with van der Waals surface area (Å²) in [6, 6.07) is 6.79. The number of rotatable bonds is 6. The Balaban J connectivity index is 0.00000242. The molecule has 1 aliphatic heterocycles. The van der Waals surface area contributed by atoms with Crippen LogP contribution in [0.25, 0.3) is 0 Å². The number of benzene rings is 1. The van der Waals surface area contributed by atoms with Crippen molar-refractivity contribution < 1.29 is 4.39 Å². The molecule has 124 valence electrons. The van der Waals surface area contributed by atoms with Gasteiger partial charge < -0.3 is 15.5 Å². The molecule has 0 aliphatic carbocycles. The van der Waals surface area contributed by atoms with Crippen molar-refractivity contribution in [1.82, 2.24) is 15.5 Å². The molecule has 1 aliphatic rings. The normalized spacial score (nSPS) is 15.5. The second-order valence-corrected chi connectivity index (χ2v) is 5.35. The van der Waals surface area contributed by atoms with Gasteiger partial charge in [-0.05, 0) is 45.0 Å². The lowest BCUT2D eigenvalue weighted by Gasteiger charge is -2.16. The smallest absolute Gasteiger partial charge is 0.191 e. The van der Waals surface area contributed by atoms with E-state index < -0.39 is 0 Å². The fraction of sp³-hybridized carbons (Fsp3) is 0.562. The van der Waals surface area contributed by atoms with Crippen molar-refractivity contribution in [2.45, 2.75) is 25.8 Å². The Hall–Kier alpha value is -0.890. The Morgan fingerprint density at radius 2 is 1.95 bits per heavy atom. The molecule has 0 saturated carbocycles. The van der Waals surface area contributed by atoms with E-state index in [2.05, 4.69) is 20.5 Å². The van der Waals surface area contributed by atoms with Crippen molar-refractivity contribution in [3.05, 3.63) is 35.6 Å². The molecule has 1 saturated heterocycles. The van der Waals surface area contributed by atoms with Crippen LogP contribution in [-0.2, 0) is 6.54 Å². The van der Waals surface area contributed by atoms with Gasteiger partial charge in [0.15, 0.2) is 5.96 Å². The Labute approximate surface area is 149 Å². The number of hydrogen-bond donors (Lipinski definition) is 2. The predicted molar refractivity (Wildman–Crippen MR) is 100 cm³/mol. The van der Waals surface area contributed by atoms with E-state index in [0.29, 0.717) is 12.1 Å². The Morgan fingerprint density at radius 1 is 1.23 bits per heavy atom. The fourth-order valence-electron chi connectivity index (χ4n) is 2.56. The van der Waals surface area contributed by atoms with Crippen LogP contribution >= 0.6 is 24.0 Å². The first kappa shape index (κ1) is 19.2. The lowest BCUT2D eigenvalue weighted by Crippen LogP contribution is -2.38. The average Bonchev–Trinajstić information content (AvgIpc) is 3.01. The highest BCUT2D eigenvalue weighted by atomic mass is 127. The third-order valence-corrected chi connectivity index (χ3v) is 3.77. The highest BCUT2D eigenvalue weighted by Crippen LogP contribution is 2.07. The van der Waals surface area contributed by atoms with Crippen LogP contribution in [0.15, 0.2) is 29.3 Å². The van der Waals surface area contributed by atoms with Crippen LogP contribution in [0.1, 0.15) is 24.8 Å². The highest BCUT2D eigenvalue weighted by molar-refractivity contribution is 14.0. The lowest BCUT2D eigenvalue weighted by atomic mass is 10.2. The van der Waals surface area contributed by atoms with Crippen LogP contribution in [0.4, 0.5) is 4.39 Å². The number of hydrogen-bond acceptors (Lipinski definition) is 2. The maximum atomic E-state index is 13.5. The van der Waals surface area contributed by atoms with Crippen molar-refractivity contribution in [3.8, 4) is 0 Å². The van der Waals surface area contributed by atoms with E-state index in [0.717, 1.165) is 25.5 Å². The molecule has 0 spiro atoms. The molecule has 0 radical (unpaired) electrons. The van der Waals surface area contributed by atoms with Gasteiger partial charge in [0.05, 0.1) is 0 Å². The predicted octanol–water partition coefficient (Wildman–Crippen LogP) is 2.59. The van der Waals surface area contributed by atoms with Crippen LogP contribution in [0.5, 0.6) is 0 Å². The van der Waals surface area contributed by atoms with E-state index in [1.165, 1.54) is 32.0 Å². The van der Waals surface area contributed by atoms with Gasteiger partial charge in [0.1, 0.15) is 5.82 Å². The zero-order valence-corrected chi connectivity index (χ0v) is 15.5. The third-order valence-electron chi connectivity index (χ3n) is 3.77. The van der Waals surface area contributed by atoms with E-state index in [1.807, 2.05) is 6.07 Å². The van der Waals surface area contributed by atoms with E-state index in [1.54, 1.807) is 19.2 Å². The highest BCUT2D eigenvalue weighted by Gasteiger charge is 2.10. The van der Waals surface area contributed by atoms with E-state index in [4.69, 9.17) is 0 Å². The minimum atomic E-state index is -0.186. The second kappa shape index (κ2) is 10.8. The van der Waals surface area contributed by atoms with Crippen molar-refractivity contribution in [1.29, 1.82) is 0 Å². The molecule has 0 unspecified atom stereocenters. The SMILES string of the molecule is CN=C(NCCCN1CCCC1)NCc1ccccc1F.I. The summed E-state index contributed by atoms with van der Waals surface area (Å²) in [5.41, 5.74) is 0.650. The molecular formula is C16H26FIN4. The van der Waals surface area contributed by atoms with Gasteiger partial charge in [0.2, 0.25) is 0 Å². The molecular weight excluding hydrogens is 394 g/mol. The number of nitrogens with one attached hydrogen (secondary N) is 2. The molecule has 1 aromatic rings. The molecule has 6 heteroatoms. The lowest BCUT2D eigenvalue weighted by molar-refractivity contribution is 0.334. The largest absolute Gasteiger partial charge is 0.356 e. The summed E-state index contributed by atoms with van der Waals surface area (Å²) < 4.78 is 13.5. The second-order valence-electron chi connectivity index (χ2n) is 5.35. The average molecular weight is 420 g/mol. The third kappa shape index (κ3) is 6.48. The quantitative estimate of drug-likeness (QED) is 0.322. The van der Waals surface area contributed by atoms with Crippen LogP contribution in [0.3, 0.4) is 0 Å². The van der Waals surface area contributed by atoms with Gasteiger partial charge >= 0.3 is 0 Å². The maximum Gasteiger partial charge on any atom is 0.191 e. The zero-order chi connectivity index (χ0) is 14.9. The minimum Gasteiger partial charge on any atom is -0.356 e. The van der Waals surface area contributed by atoms with Crippen LogP contribution < -0.4 is 10.6 Å².